The lowest BCUT2D eigenvalue weighted by atomic mass is 10.1. The summed E-state index contributed by atoms with van der Waals surface area (Å²) in [6.07, 6.45) is 1.63. The van der Waals surface area contributed by atoms with Crippen molar-refractivity contribution in [3.05, 3.63) is 96.2 Å². The Hall–Kier alpha value is -4.59. The second-order valence-corrected chi connectivity index (χ2v) is 7.02. The molecular formula is C25H22N4O4. The predicted octanol–water partition coefficient (Wildman–Crippen LogP) is 3.63. The van der Waals surface area contributed by atoms with Gasteiger partial charge in [-0.25, -0.2) is 4.68 Å². The van der Waals surface area contributed by atoms with E-state index in [2.05, 4.69) is 16.0 Å². The van der Waals surface area contributed by atoms with E-state index in [1.807, 2.05) is 60.7 Å². The molecule has 0 aliphatic carbocycles. The van der Waals surface area contributed by atoms with Gasteiger partial charge in [-0.3, -0.25) is 20.4 Å². The molecule has 2 amide bonds. The van der Waals surface area contributed by atoms with Crippen molar-refractivity contribution in [2.45, 2.75) is 0 Å². The number of nitrogens with one attached hydrogen (secondary N) is 2. The third-order valence-corrected chi connectivity index (χ3v) is 4.96. The number of hydrogen-bond acceptors (Lipinski definition) is 5. The zero-order valence-electron chi connectivity index (χ0n) is 18.1. The van der Waals surface area contributed by atoms with Crippen LogP contribution in [0, 0.1) is 0 Å². The summed E-state index contributed by atoms with van der Waals surface area (Å²) >= 11 is 0. The first-order valence-corrected chi connectivity index (χ1v) is 10.1. The van der Waals surface area contributed by atoms with Crippen LogP contribution in [0.25, 0.3) is 16.9 Å². The number of benzene rings is 3. The van der Waals surface area contributed by atoms with Gasteiger partial charge in [0, 0.05) is 17.3 Å². The molecule has 4 rings (SSSR count). The van der Waals surface area contributed by atoms with Crippen molar-refractivity contribution in [2.75, 3.05) is 14.2 Å². The lowest BCUT2D eigenvalue weighted by Gasteiger charge is -2.10. The Labute approximate surface area is 190 Å². The Kier molecular flexibility index (Phi) is 6.36. The second kappa shape index (κ2) is 9.69. The van der Waals surface area contributed by atoms with Gasteiger partial charge in [-0.05, 0) is 30.3 Å². The summed E-state index contributed by atoms with van der Waals surface area (Å²) < 4.78 is 12.0. The number of hydrazine groups is 1. The number of methoxy groups -OCH3 is 2. The maximum atomic E-state index is 13.0. The van der Waals surface area contributed by atoms with Crippen LogP contribution in [0.4, 0.5) is 0 Å². The number of aromatic nitrogens is 2. The Morgan fingerprint density at radius 1 is 0.788 bits per heavy atom. The van der Waals surface area contributed by atoms with Gasteiger partial charge < -0.3 is 9.47 Å². The third-order valence-electron chi connectivity index (χ3n) is 4.96. The van der Waals surface area contributed by atoms with Crippen molar-refractivity contribution < 1.29 is 19.1 Å². The van der Waals surface area contributed by atoms with E-state index in [1.165, 1.54) is 20.3 Å². The van der Waals surface area contributed by atoms with Gasteiger partial charge >= 0.3 is 0 Å². The van der Waals surface area contributed by atoms with E-state index in [9.17, 15) is 9.59 Å². The Morgan fingerprint density at radius 2 is 1.42 bits per heavy atom. The van der Waals surface area contributed by atoms with E-state index in [4.69, 9.17) is 9.47 Å². The molecule has 0 atom stereocenters. The topological polar surface area (TPSA) is 94.5 Å². The maximum Gasteiger partial charge on any atom is 0.273 e. The summed E-state index contributed by atoms with van der Waals surface area (Å²) in [6.45, 7) is 0. The molecular weight excluding hydrogens is 420 g/mol. The maximum absolute atomic E-state index is 13.0. The molecule has 4 aromatic rings. The fourth-order valence-corrected chi connectivity index (χ4v) is 3.29. The smallest absolute Gasteiger partial charge is 0.273 e. The summed E-state index contributed by atoms with van der Waals surface area (Å²) in [7, 11) is 2.99. The third kappa shape index (κ3) is 4.69. The van der Waals surface area contributed by atoms with Crippen molar-refractivity contribution >= 4 is 11.8 Å². The minimum Gasteiger partial charge on any atom is -0.493 e. The standard InChI is InChI=1S/C25H22N4O4/c1-32-21-14-13-18(15-22(21)33-2)24(30)26-27-25(31)20-16-29(19-11-7-4-8-12-19)28-23(20)17-9-5-3-6-10-17/h3-16H,1-2H3,(H,26,30)(H,27,31). The molecule has 0 unspecified atom stereocenters. The average molecular weight is 442 g/mol. The van der Waals surface area contributed by atoms with Crippen molar-refractivity contribution in [1.29, 1.82) is 0 Å². The van der Waals surface area contributed by atoms with Crippen LogP contribution in [0.15, 0.2) is 85.1 Å². The molecule has 0 aliphatic rings. The summed E-state index contributed by atoms with van der Waals surface area (Å²) in [5.74, 6) is -0.0863. The number of ether oxygens (including phenoxy) is 2. The number of hydrogen-bond donors (Lipinski definition) is 2. The van der Waals surface area contributed by atoms with Crippen LogP contribution in [-0.4, -0.2) is 35.8 Å². The number of rotatable bonds is 6. The first kappa shape index (κ1) is 21.6. The highest BCUT2D eigenvalue weighted by Crippen LogP contribution is 2.27. The molecule has 0 spiro atoms. The molecule has 2 N–H and O–H groups in total. The minimum atomic E-state index is -0.499. The molecule has 8 nitrogen and oxygen atoms in total. The summed E-state index contributed by atoms with van der Waals surface area (Å²) in [4.78, 5) is 25.6. The molecule has 166 valence electrons. The number of para-hydroxylation sites is 1. The number of nitrogens with zero attached hydrogens (tertiary/aromatic N) is 2. The van der Waals surface area contributed by atoms with Gasteiger partial charge in [0.15, 0.2) is 11.5 Å². The monoisotopic (exact) mass is 442 g/mol. The Balaban J connectivity index is 1.57. The quantitative estimate of drug-likeness (QED) is 0.445. The Bertz CT molecular complexity index is 1270. The van der Waals surface area contributed by atoms with Crippen molar-refractivity contribution in [3.8, 4) is 28.4 Å². The van der Waals surface area contributed by atoms with Crippen LogP contribution in [0.2, 0.25) is 0 Å². The van der Waals surface area contributed by atoms with E-state index < -0.39 is 11.8 Å². The van der Waals surface area contributed by atoms with Gasteiger partial charge in [-0.2, -0.15) is 5.10 Å². The summed E-state index contributed by atoms with van der Waals surface area (Å²) in [6, 6.07) is 23.6. The van der Waals surface area contributed by atoms with Crippen molar-refractivity contribution in [1.82, 2.24) is 20.6 Å². The molecule has 3 aromatic carbocycles. The number of carbonyl (C=O) groups is 2. The average Bonchev–Trinajstić information content (AvgIpc) is 3.33. The minimum absolute atomic E-state index is 0.302. The molecule has 1 heterocycles. The fraction of sp³-hybridized carbons (Fsp3) is 0.0800. The molecule has 1 aromatic heterocycles. The highest BCUT2D eigenvalue weighted by molar-refractivity contribution is 6.02. The van der Waals surface area contributed by atoms with Gasteiger partial charge in [0.25, 0.3) is 11.8 Å². The van der Waals surface area contributed by atoms with Crippen LogP contribution in [0.5, 0.6) is 11.5 Å². The molecule has 0 radical (unpaired) electrons. The first-order valence-electron chi connectivity index (χ1n) is 10.1. The number of amides is 2. The zero-order valence-corrected chi connectivity index (χ0v) is 18.1. The van der Waals surface area contributed by atoms with Gasteiger partial charge in [-0.15, -0.1) is 0 Å². The second-order valence-electron chi connectivity index (χ2n) is 7.02. The summed E-state index contributed by atoms with van der Waals surface area (Å²) in [5.41, 5.74) is 7.62. The highest BCUT2D eigenvalue weighted by atomic mass is 16.5. The van der Waals surface area contributed by atoms with E-state index in [0.717, 1.165) is 11.3 Å². The first-order chi connectivity index (χ1) is 16.1. The largest absolute Gasteiger partial charge is 0.493 e. The van der Waals surface area contributed by atoms with Gasteiger partial charge in [0.05, 0.1) is 25.5 Å². The van der Waals surface area contributed by atoms with Crippen LogP contribution in [0.3, 0.4) is 0 Å². The Morgan fingerprint density at radius 3 is 2.09 bits per heavy atom. The van der Waals surface area contributed by atoms with E-state index in [0.29, 0.717) is 28.3 Å². The highest BCUT2D eigenvalue weighted by Gasteiger charge is 2.20. The predicted molar refractivity (Wildman–Crippen MR) is 123 cm³/mol. The van der Waals surface area contributed by atoms with Crippen LogP contribution in [-0.2, 0) is 0 Å². The number of carbonyl (C=O) groups excluding carboxylic acids is 2. The lowest BCUT2D eigenvalue weighted by Crippen LogP contribution is -2.41. The molecule has 8 heteroatoms. The van der Waals surface area contributed by atoms with E-state index >= 15 is 0 Å². The van der Waals surface area contributed by atoms with Crippen molar-refractivity contribution in [2.24, 2.45) is 0 Å². The fourth-order valence-electron chi connectivity index (χ4n) is 3.29. The lowest BCUT2D eigenvalue weighted by molar-refractivity contribution is 0.0847. The van der Waals surface area contributed by atoms with Crippen molar-refractivity contribution in [3.63, 3.8) is 0 Å². The van der Waals surface area contributed by atoms with Gasteiger partial charge in [0.2, 0.25) is 0 Å². The molecule has 0 saturated heterocycles. The van der Waals surface area contributed by atoms with Crippen LogP contribution in [0.1, 0.15) is 20.7 Å². The normalized spacial score (nSPS) is 10.4. The molecule has 0 aliphatic heterocycles. The van der Waals surface area contributed by atoms with E-state index in [1.54, 1.807) is 23.0 Å². The van der Waals surface area contributed by atoms with Crippen LogP contribution >= 0.6 is 0 Å². The van der Waals surface area contributed by atoms with Gasteiger partial charge in [0.1, 0.15) is 5.69 Å². The van der Waals surface area contributed by atoms with E-state index in [-0.39, 0.29) is 0 Å². The van der Waals surface area contributed by atoms with Gasteiger partial charge in [-0.1, -0.05) is 48.5 Å². The zero-order chi connectivity index (χ0) is 23.2. The molecule has 33 heavy (non-hydrogen) atoms. The SMILES string of the molecule is COc1ccc(C(=O)NNC(=O)c2cn(-c3ccccc3)nc2-c2ccccc2)cc1OC. The molecule has 0 fully saturated rings. The molecule has 0 bridgehead atoms. The van der Waals surface area contributed by atoms with Crippen LogP contribution < -0.4 is 20.3 Å². The molecule has 0 saturated carbocycles. The summed E-state index contributed by atoms with van der Waals surface area (Å²) in [5, 5.41) is 4.61.